The fourth-order valence-electron chi connectivity index (χ4n) is 1.27. The lowest BCUT2D eigenvalue weighted by molar-refractivity contribution is -0.141. The van der Waals surface area contributed by atoms with E-state index in [1.54, 1.807) is 13.8 Å². The van der Waals surface area contributed by atoms with Crippen LogP contribution in [0.3, 0.4) is 0 Å². The molecule has 0 unspecified atom stereocenters. The number of ether oxygens (including phenoxy) is 1. The van der Waals surface area contributed by atoms with Crippen LogP contribution >= 0.6 is 0 Å². The molecule has 2 amide bonds. The van der Waals surface area contributed by atoms with E-state index in [2.05, 4.69) is 10.6 Å². The Bertz CT molecular complexity index is 278. The van der Waals surface area contributed by atoms with Gasteiger partial charge in [-0.15, -0.1) is 0 Å². The molecule has 2 atom stereocenters. The number of rotatable bonds is 6. The number of methoxy groups -OCH3 is 1. The summed E-state index contributed by atoms with van der Waals surface area (Å²) in [4.78, 5) is 22.2. The number of aliphatic hydroxyl groups excluding tert-OH is 1. The van der Waals surface area contributed by atoms with Crippen LogP contribution in [0.25, 0.3) is 0 Å². The van der Waals surface area contributed by atoms with Crippen LogP contribution in [0.4, 0.5) is 4.79 Å². The van der Waals surface area contributed by atoms with E-state index in [1.165, 1.54) is 14.0 Å². The molecular formula is C10H20N2O5. The van der Waals surface area contributed by atoms with Crippen molar-refractivity contribution in [1.82, 2.24) is 10.6 Å². The molecule has 0 aliphatic rings. The number of carbonyl (C=O) groups is 2. The van der Waals surface area contributed by atoms with E-state index in [0.29, 0.717) is 0 Å². The lowest BCUT2D eigenvalue weighted by Crippen LogP contribution is -2.56. The third-order valence-corrected chi connectivity index (χ3v) is 1.99. The van der Waals surface area contributed by atoms with Crippen molar-refractivity contribution < 1.29 is 24.5 Å². The molecule has 4 N–H and O–H groups in total. The van der Waals surface area contributed by atoms with E-state index in [1.807, 2.05) is 0 Å². The molecule has 0 spiro atoms. The number of amides is 2. The van der Waals surface area contributed by atoms with Crippen molar-refractivity contribution in [2.75, 3.05) is 13.7 Å². The molecule has 0 aliphatic heterocycles. The highest BCUT2D eigenvalue weighted by Crippen LogP contribution is 2.02. The van der Waals surface area contributed by atoms with Crippen molar-refractivity contribution >= 4 is 12.0 Å². The fraction of sp³-hybridized carbons (Fsp3) is 0.800. The molecule has 0 saturated heterocycles. The molecule has 0 aromatic heterocycles. The van der Waals surface area contributed by atoms with Crippen molar-refractivity contribution in [1.29, 1.82) is 0 Å². The number of aliphatic carboxylic acids is 1. The fourth-order valence-corrected chi connectivity index (χ4v) is 1.27. The number of carboxylic acid groups (broad SMARTS) is 1. The molecule has 0 fully saturated rings. The molecule has 0 saturated carbocycles. The first-order valence-electron chi connectivity index (χ1n) is 5.18. The van der Waals surface area contributed by atoms with E-state index >= 15 is 0 Å². The molecule has 0 heterocycles. The normalized spacial score (nSPS) is 14.9. The molecule has 0 aromatic carbocycles. The van der Waals surface area contributed by atoms with E-state index in [0.717, 1.165) is 0 Å². The number of carboxylic acids is 1. The van der Waals surface area contributed by atoms with Crippen LogP contribution in [-0.2, 0) is 9.53 Å². The molecule has 100 valence electrons. The van der Waals surface area contributed by atoms with Crippen LogP contribution in [0, 0.1) is 0 Å². The Kier molecular flexibility index (Phi) is 5.90. The predicted octanol–water partition coefficient (Wildman–Crippen LogP) is -0.455. The standard InChI is InChI=1S/C10H20N2O5/c1-6(13)7(8(14)15)11-9(16)12-10(2,3)5-17-4/h6-7,13H,5H2,1-4H3,(H,14,15)(H2,11,12,16)/t6-,7+/m1/s1. The van der Waals surface area contributed by atoms with E-state index < -0.39 is 29.7 Å². The largest absolute Gasteiger partial charge is 0.480 e. The Morgan fingerprint density at radius 2 is 1.94 bits per heavy atom. The number of hydrogen-bond donors (Lipinski definition) is 4. The van der Waals surface area contributed by atoms with Gasteiger partial charge in [-0.25, -0.2) is 9.59 Å². The lowest BCUT2D eigenvalue weighted by atomic mass is 10.1. The summed E-state index contributed by atoms with van der Waals surface area (Å²) >= 11 is 0. The number of aliphatic hydroxyl groups is 1. The average Bonchev–Trinajstić information content (AvgIpc) is 2.11. The molecule has 17 heavy (non-hydrogen) atoms. The SMILES string of the molecule is COCC(C)(C)NC(=O)N[C@H](C(=O)O)[C@@H](C)O. The average molecular weight is 248 g/mol. The summed E-state index contributed by atoms with van der Waals surface area (Å²) < 4.78 is 4.90. The molecule has 7 nitrogen and oxygen atoms in total. The van der Waals surface area contributed by atoms with Gasteiger partial charge in [0.1, 0.15) is 0 Å². The van der Waals surface area contributed by atoms with Gasteiger partial charge in [-0.3, -0.25) is 0 Å². The van der Waals surface area contributed by atoms with Gasteiger partial charge in [-0.05, 0) is 20.8 Å². The highest BCUT2D eigenvalue weighted by molar-refractivity contribution is 5.83. The Morgan fingerprint density at radius 3 is 2.29 bits per heavy atom. The Balaban J connectivity index is 4.38. The summed E-state index contributed by atoms with van der Waals surface area (Å²) in [6.45, 7) is 5.04. The summed E-state index contributed by atoms with van der Waals surface area (Å²) in [5.41, 5.74) is -0.624. The minimum Gasteiger partial charge on any atom is -0.480 e. The lowest BCUT2D eigenvalue weighted by Gasteiger charge is -2.27. The summed E-state index contributed by atoms with van der Waals surface area (Å²) in [7, 11) is 1.50. The molecule has 0 aliphatic carbocycles. The van der Waals surface area contributed by atoms with E-state index in [4.69, 9.17) is 9.84 Å². The van der Waals surface area contributed by atoms with Crippen molar-refractivity contribution in [2.24, 2.45) is 0 Å². The van der Waals surface area contributed by atoms with Gasteiger partial charge in [0.05, 0.1) is 18.2 Å². The van der Waals surface area contributed by atoms with Gasteiger partial charge in [-0.1, -0.05) is 0 Å². The zero-order valence-corrected chi connectivity index (χ0v) is 10.5. The Labute approximate surface area is 100 Å². The van der Waals surface area contributed by atoms with Crippen LogP contribution < -0.4 is 10.6 Å². The van der Waals surface area contributed by atoms with Crippen LogP contribution in [0.2, 0.25) is 0 Å². The zero-order chi connectivity index (χ0) is 13.6. The van der Waals surface area contributed by atoms with E-state index in [9.17, 15) is 14.7 Å². The monoisotopic (exact) mass is 248 g/mol. The van der Waals surface area contributed by atoms with Gasteiger partial charge < -0.3 is 25.6 Å². The van der Waals surface area contributed by atoms with Crippen LogP contribution in [0.15, 0.2) is 0 Å². The van der Waals surface area contributed by atoms with Crippen molar-refractivity contribution in [2.45, 2.75) is 38.5 Å². The third kappa shape index (κ3) is 6.08. The second-order valence-corrected chi connectivity index (χ2v) is 4.47. The molecule has 0 aromatic rings. The van der Waals surface area contributed by atoms with Crippen LogP contribution in [0.5, 0.6) is 0 Å². The van der Waals surface area contributed by atoms with Crippen molar-refractivity contribution in [3.63, 3.8) is 0 Å². The zero-order valence-electron chi connectivity index (χ0n) is 10.5. The second kappa shape index (κ2) is 6.41. The summed E-state index contributed by atoms with van der Waals surface area (Å²) in [5, 5.41) is 22.7. The maximum Gasteiger partial charge on any atom is 0.328 e. The minimum absolute atomic E-state index is 0.285. The van der Waals surface area contributed by atoms with Gasteiger partial charge in [0.15, 0.2) is 6.04 Å². The minimum atomic E-state index is -1.34. The van der Waals surface area contributed by atoms with E-state index in [-0.39, 0.29) is 6.61 Å². The van der Waals surface area contributed by atoms with Gasteiger partial charge in [0, 0.05) is 7.11 Å². The first-order valence-corrected chi connectivity index (χ1v) is 5.18. The smallest absolute Gasteiger partial charge is 0.328 e. The molecule has 7 heteroatoms. The molecular weight excluding hydrogens is 228 g/mol. The summed E-state index contributed by atoms with van der Waals surface area (Å²) in [6, 6.07) is -2.01. The predicted molar refractivity (Wildman–Crippen MR) is 60.7 cm³/mol. The second-order valence-electron chi connectivity index (χ2n) is 4.47. The number of nitrogens with one attached hydrogen (secondary N) is 2. The number of carbonyl (C=O) groups excluding carboxylic acids is 1. The highest BCUT2D eigenvalue weighted by Gasteiger charge is 2.27. The van der Waals surface area contributed by atoms with Crippen LogP contribution in [0.1, 0.15) is 20.8 Å². The maximum absolute atomic E-state index is 11.5. The van der Waals surface area contributed by atoms with Crippen LogP contribution in [-0.4, -0.2) is 53.6 Å². The quantitative estimate of drug-likeness (QED) is 0.509. The Morgan fingerprint density at radius 1 is 1.41 bits per heavy atom. The summed E-state index contributed by atoms with van der Waals surface area (Å²) in [5.74, 6) is -1.29. The van der Waals surface area contributed by atoms with Crippen molar-refractivity contribution in [3.05, 3.63) is 0 Å². The topological polar surface area (TPSA) is 108 Å². The number of urea groups is 1. The molecule has 0 rings (SSSR count). The number of hydrogen-bond acceptors (Lipinski definition) is 4. The first-order chi connectivity index (χ1) is 7.69. The van der Waals surface area contributed by atoms with Gasteiger partial charge >= 0.3 is 12.0 Å². The van der Waals surface area contributed by atoms with Gasteiger partial charge in [0.25, 0.3) is 0 Å². The third-order valence-electron chi connectivity index (χ3n) is 1.99. The maximum atomic E-state index is 11.5. The highest BCUT2D eigenvalue weighted by atomic mass is 16.5. The molecule has 0 bridgehead atoms. The summed E-state index contributed by atoms with van der Waals surface area (Å²) in [6.07, 6.45) is -1.18. The Hall–Kier alpha value is -1.34. The van der Waals surface area contributed by atoms with Gasteiger partial charge in [0.2, 0.25) is 0 Å². The van der Waals surface area contributed by atoms with Gasteiger partial charge in [-0.2, -0.15) is 0 Å². The molecule has 0 radical (unpaired) electrons. The first kappa shape index (κ1) is 15.7. The van der Waals surface area contributed by atoms with Crippen molar-refractivity contribution in [3.8, 4) is 0 Å².